The van der Waals surface area contributed by atoms with Gasteiger partial charge in [-0.05, 0) is 31.8 Å². The van der Waals surface area contributed by atoms with Gasteiger partial charge < -0.3 is 4.42 Å². The first-order valence-corrected chi connectivity index (χ1v) is 9.70. The largest absolute Gasteiger partial charge is 0.468 e. The Balaban J connectivity index is 1.68. The summed E-state index contributed by atoms with van der Waals surface area (Å²) in [6.45, 7) is 0.718. The van der Waals surface area contributed by atoms with Gasteiger partial charge >= 0.3 is 0 Å². The summed E-state index contributed by atoms with van der Waals surface area (Å²) < 4.78 is 34.8. The van der Waals surface area contributed by atoms with Crippen molar-refractivity contribution < 1.29 is 12.8 Å². The smallest absolute Gasteiger partial charge is 0.243 e. The number of nitrogens with zero attached hydrogens (tertiary/aromatic N) is 3. The van der Waals surface area contributed by atoms with Crippen LogP contribution in [0.15, 0.2) is 70.4 Å². The van der Waals surface area contributed by atoms with E-state index in [0.717, 1.165) is 5.56 Å². The SMILES string of the molecule is CN(C)C(CNS(=O)(=O)c1cnn(Cc2ccccc2)c1)c1ccco1. The second-order valence-electron chi connectivity index (χ2n) is 6.21. The summed E-state index contributed by atoms with van der Waals surface area (Å²) in [5, 5.41) is 4.16. The van der Waals surface area contributed by atoms with Crippen molar-refractivity contribution >= 4 is 10.0 Å². The lowest BCUT2D eigenvalue weighted by molar-refractivity contribution is 0.259. The van der Waals surface area contributed by atoms with E-state index in [1.54, 1.807) is 17.0 Å². The molecule has 0 amide bonds. The molecule has 0 spiro atoms. The van der Waals surface area contributed by atoms with Crippen LogP contribution in [0.2, 0.25) is 0 Å². The molecule has 0 radical (unpaired) electrons. The van der Waals surface area contributed by atoms with E-state index in [9.17, 15) is 8.42 Å². The molecule has 0 aliphatic rings. The molecule has 2 aromatic heterocycles. The average Bonchev–Trinajstić information content (AvgIpc) is 3.28. The minimum Gasteiger partial charge on any atom is -0.468 e. The molecule has 0 aliphatic carbocycles. The first-order chi connectivity index (χ1) is 12.5. The first-order valence-electron chi connectivity index (χ1n) is 8.21. The monoisotopic (exact) mass is 374 g/mol. The lowest BCUT2D eigenvalue weighted by Crippen LogP contribution is -2.34. The maximum atomic E-state index is 12.6. The molecule has 3 rings (SSSR count). The van der Waals surface area contributed by atoms with Crippen molar-refractivity contribution in [3.63, 3.8) is 0 Å². The highest BCUT2D eigenvalue weighted by atomic mass is 32.2. The third-order valence-corrected chi connectivity index (χ3v) is 5.45. The molecule has 26 heavy (non-hydrogen) atoms. The van der Waals surface area contributed by atoms with Crippen LogP contribution < -0.4 is 4.72 Å². The van der Waals surface area contributed by atoms with Gasteiger partial charge in [0.1, 0.15) is 10.7 Å². The second kappa shape index (κ2) is 7.86. The predicted molar refractivity (Wildman–Crippen MR) is 98.1 cm³/mol. The van der Waals surface area contributed by atoms with Crippen LogP contribution in [0, 0.1) is 0 Å². The van der Waals surface area contributed by atoms with E-state index in [4.69, 9.17) is 4.42 Å². The Morgan fingerprint density at radius 3 is 2.62 bits per heavy atom. The van der Waals surface area contributed by atoms with Crippen LogP contribution in [0.3, 0.4) is 0 Å². The molecule has 1 aromatic carbocycles. The van der Waals surface area contributed by atoms with Gasteiger partial charge in [0, 0.05) is 12.7 Å². The molecule has 0 saturated heterocycles. The number of sulfonamides is 1. The molecule has 0 saturated carbocycles. The Morgan fingerprint density at radius 2 is 1.96 bits per heavy atom. The summed E-state index contributed by atoms with van der Waals surface area (Å²) in [7, 11) is 0.0957. The van der Waals surface area contributed by atoms with Gasteiger partial charge in [0.2, 0.25) is 10.0 Å². The van der Waals surface area contributed by atoms with Crippen molar-refractivity contribution in [2.24, 2.45) is 0 Å². The van der Waals surface area contributed by atoms with Gasteiger partial charge in [0.05, 0.1) is 25.0 Å². The minimum absolute atomic E-state index is 0.144. The number of likely N-dealkylation sites (N-methyl/N-ethyl adjacent to an activating group) is 1. The first kappa shape index (κ1) is 18.4. The van der Waals surface area contributed by atoms with Crippen LogP contribution in [0.25, 0.3) is 0 Å². The topological polar surface area (TPSA) is 80.4 Å². The molecule has 0 fully saturated rings. The van der Waals surface area contributed by atoms with Crippen LogP contribution in [0.4, 0.5) is 0 Å². The fourth-order valence-corrected chi connectivity index (χ4v) is 3.62. The Hall–Kier alpha value is -2.42. The molecule has 1 atom stereocenters. The van der Waals surface area contributed by atoms with E-state index in [0.29, 0.717) is 12.3 Å². The highest BCUT2D eigenvalue weighted by Crippen LogP contribution is 2.19. The van der Waals surface area contributed by atoms with Crippen molar-refractivity contribution in [1.29, 1.82) is 0 Å². The number of nitrogens with one attached hydrogen (secondary N) is 1. The van der Waals surface area contributed by atoms with Crippen molar-refractivity contribution in [3.8, 4) is 0 Å². The summed E-state index contributed by atoms with van der Waals surface area (Å²) >= 11 is 0. The summed E-state index contributed by atoms with van der Waals surface area (Å²) in [6, 6.07) is 13.2. The molecule has 1 unspecified atom stereocenters. The number of aromatic nitrogens is 2. The van der Waals surface area contributed by atoms with Crippen LogP contribution in [-0.4, -0.2) is 43.7 Å². The minimum atomic E-state index is -3.65. The average molecular weight is 374 g/mol. The third kappa shape index (κ3) is 4.40. The lowest BCUT2D eigenvalue weighted by Gasteiger charge is -2.22. The van der Waals surface area contributed by atoms with Crippen LogP contribution in [-0.2, 0) is 16.6 Å². The molecule has 8 heteroatoms. The highest BCUT2D eigenvalue weighted by Gasteiger charge is 2.22. The second-order valence-corrected chi connectivity index (χ2v) is 7.97. The standard InChI is InChI=1S/C18H22N4O3S/c1-21(2)17(18-9-6-10-25-18)12-20-26(23,24)16-11-19-22(14-16)13-15-7-4-3-5-8-15/h3-11,14,17,20H,12-13H2,1-2H3. The third-order valence-electron chi connectivity index (χ3n) is 4.07. The molecule has 7 nitrogen and oxygen atoms in total. The highest BCUT2D eigenvalue weighted by molar-refractivity contribution is 7.89. The number of hydrogen-bond donors (Lipinski definition) is 1. The van der Waals surface area contributed by atoms with E-state index in [2.05, 4.69) is 9.82 Å². The number of rotatable bonds is 8. The fraction of sp³-hybridized carbons (Fsp3) is 0.278. The van der Waals surface area contributed by atoms with E-state index < -0.39 is 10.0 Å². The fourth-order valence-electron chi connectivity index (χ4n) is 2.63. The van der Waals surface area contributed by atoms with Gasteiger partial charge in [0.25, 0.3) is 0 Å². The molecule has 138 valence electrons. The Morgan fingerprint density at radius 1 is 1.19 bits per heavy atom. The molecule has 0 aliphatic heterocycles. The van der Waals surface area contributed by atoms with Crippen molar-refractivity contribution in [3.05, 3.63) is 72.4 Å². The van der Waals surface area contributed by atoms with Gasteiger partial charge in [-0.3, -0.25) is 9.58 Å². The lowest BCUT2D eigenvalue weighted by atomic mass is 10.2. The normalized spacial score (nSPS) is 13.2. The Kier molecular flexibility index (Phi) is 5.55. The van der Waals surface area contributed by atoms with E-state index >= 15 is 0 Å². The van der Waals surface area contributed by atoms with Crippen molar-refractivity contribution in [1.82, 2.24) is 19.4 Å². The van der Waals surface area contributed by atoms with Gasteiger partial charge in [-0.15, -0.1) is 0 Å². The Labute approximate surface area is 153 Å². The summed E-state index contributed by atoms with van der Waals surface area (Å²) in [4.78, 5) is 2.05. The number of benzene rings is 1. The van der Waals surface area contributed by atoms with Crippen LogP contribution in [0.1, 0.15) is 17.4 Å². The van der Waals surface area contributed by atoms with E-state index in [1.165, 1.54) is 12.4 Å². The summed E-state index contributed by atoms with van der Waals surface area (Å²) in [5.74, 6) is 0.706. The Bertz CT molecular complexity index is 919. The van der Waals surface area contributed by atoms with Gasteiger partial charge in [-0.2, -0.15) is 5.10 Å². The maximum absolute atomic E-state index is 12.6. The maximum Gasteiger partial charge on any atom is 0.243 e. The molecule has 1 N–H and O–H groups in total. The molecule has 3 aromatic rings. The zero-order chi connectivity index (χ0) is 18.6. The summed E-state index contributed by atoms with van der Waals surface area (Å²) in [5.41, 5.74) is 1.05. The van der Waals surface area contributed by atoms with Gasteiger partial charge in [-0.25, -0.2) is 13.1 Å². The zero-order valence-electron chi connectivity index (χ0n) is 14.7. The quantitative estimate of drug-likeness (QED) is 0.653. The van der Waals surface area contributed by atoms with Gasteiger partial charge in [-0.1, -0.05) is 30.3 Å². The predicted octanol–water partition coefficient (Wildman–Crippen LogP) is 2.11. The van der Waals surface area contributed by atoms with Crippen molar-refractivity contribution in [2.75, 3.05) is 20.6 Å². The van der Waals surface area contributed by atoms with Gasteiger partial charge in [0.15, 0.2) is 0 Å². The van der Waals surface area contributed by atoms with E-state index in [1.807, 2.05) is 55.4 Å². The zero-order valence-corrected chi connectivity index (χ0v) is 15.6. The molecule has 0 bridgehead atoms. The van der Waals surface area contributed by atoms with Crippen LogP contribution in [0.5, 0.6) is 0 Å². The van der Waals surface area contributed by atoms with Crippen LogP contribution >= 0.6 is 0 Å². The van der Waals surface area contributed by atoms with Crippen molar-refractivity contribution in [2.45, 2.75) is 17.5 Å². The van der Waals surface area contributed by atoms with E-state index in [-0.39, 0.29) is 17.5 Å². The number of hydrogen-bond acceptors (Lipinski definition) is 5. The molecular weight excluding hydrogens is 352 g/mol. The summed E-state index contributed by atoms with van der Waals surface area (Å²) in [6.07, 6.45) is 4.48. The number of furan rings is 1. The molecule has 2 heterocycles. The molecular formula is C18H22N4O3S.